The van der Waals surface area contributed by atoms with Crippen molar-refractivity contribution >= 4 is 0 Å². The second-order valence-corrected chi connectivity index (χ2v) is 6.79. The van der Waals surface area contributed by atoms with Crippen LogP contribution in [0.5, 0.6) is 0 Å². The molecule has 1 aliphatic heterocycles. The first-order chi connectivity index (χ1) is 9.44. The van der Waals surface area contributed by atoms with Gasteiger partial charge in [-0.3, -0.25) is 4.90 Å². The van der Waals surface area contributed by atoms with Gasteiger partial charge in [-0.1, -0.05) is 24.3 Å². The van der Waals surface area contributed by atoms with E-state index >= 15 is 0 Å². The van der Waals surface area contributed by atoms with Crippen LogP contribution in [0, 0.1) is 0 Å². The second kappa shape index (κ2) is 6.70. The van der Waals surface area contributed by atoms with E-state index in [4.69, 9.17) is 4.74 Å². The van der Waals surface area contributed by atoms with Gasteiger partial charge < -0.3 is 10.1 Å². The predicted molar refractivity (Wildman–Crippen MR) is 83.7 cm³/mol. The second-order valence-electron chi connectivity index (χ2n) is 6.79. The third kappa shape index (κ3) is 4.89. The average molecular weight is 276 g/mol. The Morgan fingerprint density at radius 3 is 2.60 bits per heavy atom. The van der Waals surface area contributed by atoms with Crippen molar-refractivity contribution < 1.29 is 4.74 Å². The van der Waals surface area contributed by atoms with Crippen molar-refractivity contribution in [2.24, 2.45) is 0 Å². The first kappa shape index (κ1) is 15.5. The number of benzene rings is 1. The zero-order valence-corrected chi connectivity index (χ0v) is 13.3. The Morgan fingerprint density at radius 1 is 1.25 bits per heavy atom. The molecule has 1 aliphatic rings. The summed E-state index contributed by atoms with van der Waals surface area (Å²) in [6, 6.07) is 8.75. The van der Waals surface area contributed by atoms with E-state index in [2.05, 4.69) is 62.2 Å². The van der Waals surface area contributed by atoms with Gasteiger partial charge in [0.15, 0.2) is 0 Å². The Morgan fingerprint density at radius 2 is 1.95 bits per heavy atom. The molecule has 1 fully saturated rings. The van der Waals surface area contributed by atoms with Crippen LogP contribution in [0.25, 0.3) is 0 Å². The van der Waals surface area contributed by atoms with Crippen LogP contribution in [0.4, 0.5) is 0 Å². The molecular formula is C17H28N2O. The third-order valence-electron chi connectivity index (χ3n) is 3.65. The van der Waals surface area contributed by atoms with Crippen molar-refractivity contribution in [1.82, 2.24) is 10.2 Å². The van der Waals surface area contributed by atoms with E-state index in [1.165, 1.54) is 11.1 Å². The molecule has 1 aromatic carbocycles. The number of nitrogens with zero attached hydrogens (tertiary/aromatic N) is 1. The van der Waals surface area contributed by atoms with Crippen molar-refractivity contribution in [1.29, 1.82) is 0 Å². The van der Waals surface area contributed by atoms with Gasteiger partial charge in [-0.15, -0.1) is 0 Å². The van der Waals surface area contributed by atoms with Crippen LogP contribution in [0.2, 0.25) is 0 Å². The van der Waals surface area contributed by atoms with Crippen molar-refractivity contribution in [2.75, 3.05) is 19.7 Å². The highest BCUT2D eigenvalue weighted by molar-refractivity contribution is 5.27. The lowest BCUT2D eigenvalue weighted by Crippen LogP contribution is -2.41. The molecule has 0 bridgehead atoms. The largest absolute Gasteiger partial charge is 0.376 e. The fourth-order valence-corrected chi connectivity index (χ4v) is 2.52. The highest BCUT2D eigenvalue weighted by Crippen LogP contribution is 2.15. The van der Waals surface area contributed by atoms with Gasteiger partial charge in [0.25, 0.3) is 0 Å². The van der Waals surface area contributed by atoms with Crippen LogP contribution in [0.1, 0.15) is 38.8 Å². The van der Waals surface area contributed by atoms with E-state index in [1.54, 1.807) is 0 Å². The van der Waals surface area contributed by atoms with Gasteiger partial charge in [-0.05, 0) is 38.8 Å². The van der Waals surface area contributed by atoms with Crippen LogP contribution in [-0.2, 0) is 17.8 Å². The summed E-state index contributed by atoms with van der Waals surface area (Å²) in [5, 5.41) is 3.58. The van der Waals surface area contributed by atoms with E-state index in [9.17, 15) is 0 Å². The molecule has 0 saturated carbocycles. The van der Waals surface area contributed by atoms with Gasteiger partial charge in [0.05, 0.1) is 12.7 Å². The number of hydrogen-bond donors (Lipinski definition) is 1. The van der Waals surface area contributed by atoms with Crippen LogP contribution < -0.4 is 5.32 Å². The van der Waals surface area contributed by atoms with E-state index in [-0.39, 0.29) is 5.54 Å². The van der Waals surface area contributed by atoms with Gasteiger partial charge in [0.2, 0.25) is 0 Å². The monoisotopic (exact) mass is 276 g/mol. The Kier molecular flexibility index (Phi) is 5.19. The molecule has 0 radical (unpaired) electrons. The number of rotatable bonds is 4. The predicted octanol–water partition coefficient (Wildman–Crippen LogP) is 2.80. The van der Waals surface area contributed by atoms with Gasteiger partial charge in [0, 0.05) is 31.7 Å². The normalized spacial score (nSPS) is 21.1. The Hall–Kier alpha value is -0.900. The first-order valence-corrected chi connectivity index (χ1v) is 7.60. The molecule has 112 valence electrons. The summed E-state index contributed by atoms with van der Waals surface area (Å²) in [7, 11) is 0. The average Bonchev–Trinajstić information content (AvgIpc) is 2.37. The molecule has 1 atom stereocenters. The molecule has 2 rings (SSSR count). The van der Waals surface area contributed by atoms with Crippen molar-refractivity contribution in [2.45, 2.75) is 52.4 Å². The molecule has 0 aromatic heterocycles. The molecule has 0 amide bonds. The van der Waals surface area contributed by atoms with E-state index < -0.39 is 0 Å². The molecule has 0 aliphatic carbocycles. The fraction of sp³-hybridized carbons (Fsp3) is 0.647. The van der Waals surface area contributed by atoms with Gasteiger partial charge in [-0.2, -0.15) is 0 Å². The number of nitrogens with one attached hydrogen (secondary N) is 1. The number of hydrogen-bond acceptors (Lipinski definition) is 3. The fourth-order valence-electron chi connectivity index (χ4n) is 2.52. The highest BCUT2D eigenvalue weighted by Gasteiger charge is 2.18. The van der Waals surface area contributed by atoms with Crippen LogP contribution in [0.15, 0.2) is 24.3 Å². The standard InChI is InChI=1S/C17H28N2O/c1-14-12-19(9-10-20-14)13-16-8-6-5-7-15(16)11-18-17(2,3)4/h5-8,14,18H,9-13H2,1-4H3. The number of morpholine rings is 1. The summed E-state index contributed by atoms with van der Waals surface area (Å²) < 4.78 is 5.61. The number of ether oxygens (including phenoxy) is 1. The maximum absolute atomic E-state index is 5.61. The molecule has 1 heterocycles. The van der Waals surface area contributed by atoms with Crippen LogP contribution >= 0.6 is 0 Å². The Bertz CT molecular complexity index is 425. The summed E-state index contributed by atoms with van der Waals surface area (Å²) in [5.74, 6) is 0. The van der Waals surface area contributed by atoms with Gasteiger partial charge in [0.1, 0.15) is 0 Å². The first-order valence-electron chi connectivity index (χ1n) is 7.60. The summed E-state index contributed by atoms with van der Waals surface area (Å²) in [6.45, 7) is 13.6. The summed E-state index contributed by atoms with van der Waals surface area (Å²) in [6.07, 6.45) is 0.351. The van der Waals surface area contributed by atoms with Crippen LogP contribution in [0.3, 0.4) is 0 Å². The molecular weight excluding hydrogens is 248 g/mol. The molecule has 3 nitrogen and oxygen atoms in total. The lowest BCUT2D eigenvalue weighted by Gasteiger charge is -2.31. The molecule has 1 saturated heterocycles. The lowest BCUT2D eigenvalue weighted by atomic mass is 10.0. The molecule has 1 unspecified atom stereocenters. The smallest absolute Gasteiger partial charge is 0.0674 e. The molecule has 3 heteroatoms. The minimum atomic E-state index is 0.153. The van der Waals surface area contributed by atoms with E-state index in [0.717, 1.165) is 32.8 Å². The zero-order chi connectivity index (χ0) is 14.6. The summed E-state index contributed by atoms with van der Waals surface area (Å²) in [4.78, 5) is 2.49. The van der Waals surface area contributed by atoms with Gasteiger partial charge >= 0.3 is 0 Å². The maximum Gasteiger partial charge on any atom is 0.0674 e. The molecule has 0 spiro atoms. The molecule has 1 N–H and O–H groups in total. The maximum atomic E-state index is 5.61. The highest BCUT2D eigenvalue weighted by atomic mass is 16.5. The summed E-state index contributed by atoms with van der Waals surface area (Å²) >= 11 is 0. The van der Waals surface area contributed by atoms with Gasteiger partial charge in [-0.25, -0.2) is 0 Å². The van der Waals surface area contributed by atoms with Crippen molar-refractivity contribution in [3.05, 3.63) is 35.4 Å². The minimum absolute atomic E-state index is 0.153. The van der Waals surface area contributed by atoms with Crippen LogP contribution in [-0.4, -0.2) is 36.2 Å². The lowest BCUT2D eigenvalue weighted by molar-refractivity contribution is -0.0212. The van der Waals surface area contributed by atoms with E-state index in [1.807, 2.05) is 0 Å². The zero-order valence-electron chi connectivity index (χ0n) is 13.3. The topological polar surface area (TPSA) is 24.5 Å². The minimum Gasteiger partial charge on any atom is -0.376 e. The quantitative estimate of drug-likeness (QED) is 0.915. The Labute approximate surface area is 123 Å². The van der Waals surface area contributed by atoms with Crippen molar-refractivity contribution in [3.8, 4) is 0 Å². The molecule has 20 heavy (non-hydrogen) atoms. The SMILES string of the molecule is CC1CN(Cc2ccccc2CNC(C)(C)C)CCO1. The van der Waals surface area contributed by atoms with E-state index in [0.29, 0.717) is 6.10 Å². The summed E-state index contributed by atoms with van der Waals surface area (Å²) in [5.41, 5.74) is 2.99. The third-order valence-corrected chi connectivity index (χ3v) is 3.65. The molecule has 1 aromatic rings. The van der Waals surface area contributed by atoms with Crippen molar-refractivity contribution in [3.63, 3.8) is 0 Å². The Balaban J connectivity index is 2.00.